The minimum absolute atomic E-state index is 0.114. The van der Waals surface area contributed by atoms with Crippen molar-refractivity contribution in [3.63, 3.8) is 0 Å². The number of fused-ring (bicyclic) bond motifs is 1. The van der Waals surface area contributed by atoms with E-state index in [1.54, 1.807) is 14.0 Å². The summed E-state index contributed by atoms with van der Waals surface area (Å²) in [6.07, 6.45) is 0. The summed E-state index contributed by atoms with van der Waals surface area (Å²) in [6, 6.07) is 6.10. The molecule has 0 amide bonds. The first-order chi connectivity index (χ1) is 13.7. The molecule has 1 aromatic carbocycles. The third kappa shape index (κ3) is 3.96. The van der Waals surface area contributed by atoms with E-state index >= 15 is 0 Å². The largest absolute Gasteiger partial charge is 0.383 e. The summed E-state index contributed by atoms with van der Waals surface area (Å²) in [5.74, 6) is 0.146. The average Bonchev–Trinajstić information content (AvgIpc) is 2.99. The molecule has 7 nitrogen and oxygen atoms in total. The third-order valence-corrected chi connectivity index (χ3v) is 5.12. The van der Waals surface area contributed by atoms with Crippen LogP contribution in [0.5, 0.6) is 0 Å². The molecule has 0 atom stereocenters. The maximum atomic E-state index is 12.8. The highest BCUT2D eigenvalue weighted by Gasteiger charge is 2.15. The Labute approximate surface area is 170 Å². The lowest BCUT2D eigenvalue weighted by molar-refractivity contribution is 0.206. The first kappa shape index (κ1) is 20.8. The fraction of sp³-hybridized carbons (Fsp3) is 0.409. The maximum absolute atomic E-state index is 12.8. The molecule has 7 heteroatoms. The molecule has 0 aliphatic rings. The minimum atomic E-state index is -0.114. The summed E-state index contributed by atoms with van der Waals surface area (Å²) in [5, 5.41) is 4.17. The van der Waals surface area contributed by atoms with E-state index in [0.29, 0.717) is 28.5 Å². The van der Waals surface area contributed by atoms with E-state index in [1.807, 2.05) is 40.0 Å². The highest BCUT2D eigenvalue weighted by Crippen LogP contribution is 2.24. The number of anilines is 1. The van der Waals surface area contributed by atoms with Gasteiger partial charge in [0, 0.05) is 32.0 Å². The quantitative estimate of drug-likeness (QED) is 0.694. The van der Waals surface area contributed by atoms with Crippen LogP contribution in [0, 0.1) is 13.8 Å². The van der Waals surface area contributed by atoms with Gasteiger partial charge in [-0.05, 0) is 43.5 Å². The summed E-state index contributed by atoms with van der Waals surface area (Å²) in [7, 11) is 3.73. The Hall–Kier alpha value is -2.93. The predicted molar refractivity (Wildman–Crippen MR) is 117 cm³/mol. The summed E-state index contributed by atoms with van der Waals surface area (Å²) in [5.41, 5.74) is 4.78. The van der Waals surface area contributed by atoms with E-state index in [2.05, 4.69) is 22.6 Å². The number of aromatic amines is 1. The van der Waals surface area contributed by atoms with Crippen molar-refractivity contribution < 1.29 is 4.74 Å². The van der Waals surface area contributed by atoms with Gasteiger partial charge in [-0.3, -0.25) is 9.89 Å². The number of H-pyrrole nitrogens is 1. The third-order valence-electron chi connectivity index (χ3n) is 5.12. The Morgan fingerprint density at radius 3 is 2.69 bits per heavy atom. The van der Waals surface area contributed by atoms with Crippen molar-refractivity contribution in [2.45, 2.75) is 33.6 Å². The SMILES string of the molecule is C=c1[nH]n2c(=O)c(C)c(C(C)C)nc2c1=Nc1ccc(N(C)CCOC)cc1C. The lowest BCUT2D eigenvalue weighted by Crippen LogP contribution is -2.23. The summed E-state index contributed by atoms with van der Waals surface area (Å²) < 4.78 is 6.59. The molecule has 0 fully saturated rings. The monoisotopic (exact) mass is 395 g/mol. The van der Waals surface area contributed by atoms with Gasteiger partial charge in [0.25, 0.3) is 5.56 Å². The van der Waals surface area contributed by atoms with Gasteiger partial charge in [0.2, 0.25) is 0 Å². The lowest BCUT2D eigenvalue weighted by atomic mass is 10.1. The number of nitrogens with one attached hydrogen (secondary N) is 1. The molecule has 0 unspecified atom stereocenters. The van der Waals surface area contributed by atoms with Gasteiger partial charge in [0.1, 0.15) is 5.36 Å². The van der Waals surface area contributed by atoms with Gasteiger partial charge in [0.05, 0.1) is 23.3 Å². The molecule has 1 N–H and O–H groups in total. The van der Waals surface area contributed by atoms with Crippen LogP contribution in [0.25, 0.3) is 12.2 Å². The predicted octanol–water partition coefficient (Wildman–Crippen LogP) is 2.21. The van der Waals surface area contributed by atoms with E-state index in [0.717, 1.165) is 29.2 Å². The molecular formula is C22H29N5O2. The summed E-state index contributed by atoms with van der Waals surface area (Å²) in [4.78, 5) is 24.4. The number of hydrogen-bond donors (Lipinski definition) is 1. The van der Waals surface area contributed by atoms with E-state index in [4.69, 9.17) is 14.7 Å². The van der Waals surface area contributed by atoms with Gasteiger partial charge in [-0.2, -0.15) is 4.52 Å². The van der Waals surface area contributed by atoms with E-state index in [9.17, 15) is 4.79 Å². The van der Waals surface area contributed by atoms with Gasteiger partial charge < -0.3 is 9.64 Å². The minimum Gasteiger partial charge on any atom is -0.383 e. The molecule has 3 rings (SSSR count). The highest BCUT2D eigenvalue weighted by molar-refractivity contribution is 5.58. The lowest BCUT2D eigenvalue weighted by Gasteiger charge is -2.19. The van der Waals surface area contributed by atoms with Gasteiger partial charge in [-0.1, -0.05) is 20.4 Å². The number of hydrogen-bond acceptors (Lipinski definition) is 5. The van der Waals surface area contributed by atoms with Crippen LogP contribution >= 0.6 is 0 Å². The Morgan fingerprint density at radius 2 is 2.07 bits per heavy atom. The fourth-order valence-electron chi connectivity index (χ4n) is 3.37. The van der Waals surface area contributed by atoms with Crippen molar-refractivity contribution in [1.29, 1.82) is 0 Å². The van der Waals surface area contributed by atoms with Crippen molar-refractivity contribution in [1.82, 2.24) is 14.6 Å². The van der Waals surface area contributed by atoms with Crippen LogP contribution < -0.4 is 21.2 Å². The van der Waals surface area contributed by atoms with Crippen molar-refractivity contribution in [3.05, 3.63) is 56.1 Å². The Morgan fingerprint density at radius 1 is 1.34 bits per heavy atom. The maximum Gasteiger partial charge on any atom is 0.275 e. The summed E-state index contributed by atoms with van der Waals surface area (Å²) in [6.45, 7) is 13.4. The second kappa shape index (κ2) is 8.21. The number of likely N-dealkylation sites (N-methyl/N-ethyl adjacent to an activating group) is 1. The standard InChI is InChI=1S/C22H29N5O2/c1-13(2)19-15(4)22(28)27-21(24-19)20(16(5)25-27)23-18-9-8-17(12-14(18)3)26(6)10-11-29-7/h8-9,12-13,25H,5,10-11H2,1-4,6-7H3. The average molecular weight is 396 g/mol. The van der Waals surface area contributed by atoms with Gasteiger partial charge in [-0.15, -0.1) is 0 Å². The van der Waals surface area contributed by atoms with E-state index in [-0.39, 0.29) is 11.5 Å². The van der Waals surface area contributed by atoms with Gasteiger partial charge in [-0.25, -0.2) is 9.98 Å². The second-order valence-corrected chi connectivity index (χ2v) is 7.68. The highest BCUT2D eigenvalue weighted by atomic mass is 16.5. The number of benzene rings is 1. The topological polar surface area (TPSA) is 75.0 Å². The zero-order valence-corrected chi connectivity index (χ0v) is 18.0. The number of aromatic nitrogens is 3. The van der Waals surface area contributed by atoms with Crippen molar-refractivity contribution in [2.24, 2.45) is 4.99 Å². The molecule has 0 aliphatic heterocycles. The molecule has 29 heavy (non-hydrogen) atoms. The van der Waals surface area contributed by atoms with Crippen LogP contribution in [0.15, 0.2) is 28.0 Å². The van der Waals surface area contributed by atoms with Gasteiger partial charge in [0.15, 0.2) is 5.65 Å². The fourth-order valence-corrected chi connectivity index (χ4v) is 3.37. The number of aryl methyl sites for hydroxylation is 1. The van der Waals surface area contributed by atoms with Crippen LogP contribution in [-0.2, 0) is 4.74 Å². The molecule has 154 valence electrons. The molecule has 0 radical (unpaired) electrons. The van der Waals surface area contributed by atoms with Crippen LogP contribution in [-0.4, -0.2) is 41.9 Å². The van der Waals surface area contributed by atoms with Crippen molar-refractivity contribution in [3.8, 4) is 0 Å². The molecule has 0 bridgehead atoms. The first-order valence-corrected chi connectivity index (χ1v) is 9.74. The zero-order valence-electron chi connectivity index (χ0n) is 18.0. The molecule has 2 aromatic heterocycles. The van der Waals surface area contributed by atoms with Crippen LogP contribution in [0.1, 0.15) is 36.6 Å². The van der Waals surface area contributed by atoms with Crippen LogP contribution in [0.2, 0.25) is 0 Å². The van der Waals surface area contributed by atoms with Crippen molar-refractivity contribution >= 4 is 23.6 Å². The zero-order chi connectivity index (χ0) is 21.3. The Balaban J connectivity index is 2.15. The number of methoxy groups -OCH3 is 1. The molecule has 0 spiro atoms. The second-order valence-electron chi connectivity index (χ2n) is 7.68. The number of rotatable bonds is 6. The number of nitrogens with zero attached hydrogens (tertiary/aromatic N) is 4. The Kier molecular flexibility index (Phi) is 5.88. The number of ether oxygens (including phenoxy) is 1. The Bertz CT molecular complexity index is 1210. The molecule has 3 aromatic rings. The normalized spacial score (nSPS) is 12.3. The molecule has 2 heterocycles. The molecule has 0 aliphatic carbocycles. The molecular weight excluding hydrogens is 366 g/mol. The van der Waals surface area contributed by atoms with Crippen LogP contribution in [0.3, 0.4) is 0 Å². The van der Waals surface area contributed by atoms with Gasteiger partial charge >= 0.3 is 0 Å². The van der Waals surface area contributed by atoms with E-state index in [1.165, 1.54) is 4.52 Å². The molecule has 0 saturated carbocycles. The first-order valence-electron chi connectivity index (χ1n) is 9.74. The van der Waals surface area contributed by atoms with Crippen LogP contribution in [0.4, 0.5) is 11.4 Å². The molecule has 0 saturated heterocycles. The van der Waals surface area contributed by atoms with Crippen molar-refractivity contribution in [2.75, 3.05) is 32.2 Å². The smallest absolute Gasteiger partial charge is 0.275 e. The van der Waals surface area contributed by atoms with E-state index < -0.39 is 0 Å². The summed E-state index contributed by atoms with van der Waals surface area (Å²) >= 11 is 0.